The zero-order valence-corrected chi connectivity index (χ0v) is 20.5. The Morgan fingerprint density at radius 1 is 0.944 bits per heavy atom. The molecule has 0 radical (unpaired) electrons. The van der Waals surface area contributed by atoms with Crippen molar-refractivity contribution in [1.82, 2.24) is 14.3 Å². The van der Waals surface area contributed by atoms with Crippen molar-refractivity contribution in [3.05, 3.63) is 113 Å². The minimum atomic E-state index is -3.90. The average molecular weight is 503 g/mol. The molecule has 3 aromatic carbocycles. The molecule has 0 aliphatic heterocycles. The zero-order chi connectivity index (χ0) is 25.5. The first kappa shape index (κ1) is 25.0. The van der Waals surface area contributed by atoms with Gasteiger partial charge in [0.2, 0.25) is 15.9 Å². The monoisotopic (exact) mass is 502 g/mol. The Kier molecular flexibility index (Phi) is 7.72. The van der Waals surface area contributed by atoms with E-state index in [4.69, 9.17) is 0 Å². The normalized spacial score (nSPS) is 11.4. The van der Waals surface area contributed by atoms with Gasteiger partial charge in [0, 0.05) is 29.6 Å². The van der Waals surface area contributed by atoms with Crippen molar-refractivity contribution in [3.63, 3.8) is 0 Å². The predicted octanol–water partition coefficient (Wildman–Crippen LogP) is 3.62. The Morgan fingerprint density at radius 3 is 2.33 bits per heavy atom. The van der Waals surface area contributed by atoms with Crippen LogP contribution in [0.1, 0.15) is 11.3 Å². The van der Waals surface area contributed by atoms with Crippen LogP contribution in [0, 0.1) is 6.92 Å². The second kappa shape index (κ2) is 11.1. The van der Waals surface area contributed by atoms with Gasteiger partial charge in [-0.3, -0.25) is 9.59 Å². The summed E-state index contributed by atoms with van der Waals surface area (Å²) < 4.78 is 27.9. The first-order valence-corrected chi connectivity index (χ1v) is 12.8. The predicted molar refractivity (Wildman–Crippen MR) is 139 cm³/mol. The first-order valence-electron chi connectivity index (χ1n) is 11.4. The van der Waals surface area contributed by atoms with Crippen LogP contribution >= 0.6 is 0 Å². The molecule has 2 N–H and O–H groups in total. The number of aromatic nitrogens is 2. The third kappa shape index (κ3) is 6.32. The van der Waals surface area contributed by atoms with Gasteiger partial charge in [-0.05, 0) is 43.2 Å². The number of rotatable bonds is 9. The molecule has 4 rings (SSSR count). The molecule has 0 fully saturated rings. The largest absolute Gasteiger partial charge is 0.325 e. The molecule has 0 unspecified atom stereocenters. The lowest BCUT2D eigenvalue weighted by Crippen LogP contribution is -2.39. The van der Waals surface area contributed by atoms with Crippen LogP contribution in [0.2, 0.25) is 0 Å². The number of nitrogens with one attached hydrogen (secondary N) is 2. The maximum atomic E-state index is 13.3. The summed E-state index contributed by atoms with van der Waals surface area (Å²) in [7, 11) is -3.90. The van der Waals surface area contributed by atoms with E-state index in [1.165, 1.54) is 22.5 Å². The number of hydrogen-bond donors (Lipinski definition) is 2. The van der Waals surface area contributed by atoms with Crippen LogP contribution in [0.25, 0.3) is 11.4 Å². The molecule has 0 saturated heterocycles. The van der Waals surface area contributed by atoms with Crippen molar-refractivity contribution in [1.29, 1.82) is 0 Å². The third-order valence-electron chi connectivity index (χ3n) is 5.48. The molecule has 0 atom stereocenters. The number of anilines is 1. The van der Waals surface area contributed by atoms with Crippen LogP contribution in [0.3, 0.4) is 0 Å². The van der Waals surface area contributed by atoms with Gasteiger partial charge >= 0.3 is 0 Å². The van der Waals surface area contributed by atoms with Crippen molar-refractivity contribution in [3.8, 4) is 11.4 Å². The lowest BCUT2D eigenvalue weighted by molar-refractivity contribution is -0.116. The van der Waals surface area contributed by atoms with Gasteiger partial charge in [-0.15, -0.1) is 0 Å². The summed E-state index contributed by atoms with van der Waals surface area (Å²) in [5, 5.41) is 2.77. The van der Waals surface area contributed by atoms with E-state index in [2.05, 4.69) is 15.3 Å². The summed E-state index contributed by atoms with van der Waals surface area (Å²) in [6, 6.07) is 25.8. The molecule has 1 aromatic heterocycles. The van der Waals surface area contributed by atoms with Crippen molar-refractivity contribution >= 4 is 21.6 Å². The molecule has 8 nitrogen and oxygen atoms in total. The Labute approximate surface area is 209 Å². The fraction of sp³-hybridized carbons (Fsp3) is 0.148. The summed E-state index contributed by atoms with van der Waals surface area (Å²) in [6.07, 6.45) is 0.460. The number of H-pyrrole nitrogens is 1. The topological polar surface area (TPSA) is 112 Å². The minimum absolute atomic E-state index is 0.127. The highest BCUT2D eigenvalue weighted by Crippen LogP contribution is 2.20. The Balaban J connectivity index is 1.54. The maximum absolute atomic E-state index is 13.3. The van der Waals surface area contributed by atoms with Crippen molar-refractivity contribution in [2.24, 2.45) is 0 Å². The van der Waals surface area contributed by atoms with Crippen LogP contribution in [0.4, 0.5) is 5.69 Å². The van der Waals surface area contributed by atoms with Crippen LogP contribution in [0.15, 0.2) is 101 Å². The summed E-state index contributed by atoms with van der Waals surface area (Å²) in [5.74, 6) is -0.0994. The Bertz CT molecular complexity index is 1500. The number of amides is 1. The van der Waals surface area contributed by atoms with Crippen molar-refractivity contribution in [2.75, 3.05) is 18.4 Å². The number of aryl methyl sites for hydroxylation is 1. The second-order valence-electron chi connectivity index (χ2n) is 8.25. The van der Waals surface area contributed by atoms with Gasteiger partial charge in [0.05, 0.1) is 11.4 Å². The molecular weight excluding hydrogens is 476 g/mol. The molecule has 9 heteroatoms. The number of benzene rings is 3. The van der Waals surface area contributed by atoms with Gasteiger partial charge in [-0.25, -0.2) is 13.4 Å². The van der Waals surface area contributed by atoms with Crippen LogP contribution < -0.4 is 10.9 Å². The molecule has 0 bridgehead atoms. The number of carbonyl (C=O) groups excluding carboxylic acids is 1. The van der Waals surface area contributed by atoms with Gasteiger partial charge in [-0.1, -0.05) is 60.7 Å². The molecule has 184 valence electrons. The summed E-state index contributed by atoms with van der Waals surface area (Å²) in [6.45, 7) is 1.51. The average Bonchev–Trinajstić information content (AvgIpc) is 2.87. The Hall–Kier alpha value is -4.08. The van der Waals surface area contributed by atoms with E-state index >= 15 is 0 Å². The lowest BCUT2D eigenvalue weighted by atomic mass is 10.1. The number of carbonyl (C=O) groups is 1. The van der Waals surface area contributed by atoms with E-state index in [0.29, 0.717) is 29.2 Å². The van der Waals surface area contributed by atoms with Gasteiger partial charge < -0.3 is 10.3 Å². The Morgan fingerprint density at radius 2 is 1.64 bits per heavy atom. The van der Waals surface area contributed by atoms with E-state index in [1.54, 1.807) is 49.4 Å². The maximum Gasteiger partial charge on any atom is 0.251 e. The van der Waals surface area contributed by atoms with Gasteiger partial charge in [0.15, 0.2) is 0 Å². The molecular formula is C27H26N4O4S. The van der Waals surface area contributed by atoms with Crippen LogP contribution in [-0.2, 0) is 21.2 Å². The fourth-order valence-electron chi connectivity index (χ4n) is 3.74. The van der Waals surface area contributed by atoms with Crippen molar-refractivity contribution < 1.29 is 13.2 Å². The summed E-state index contributed by atoms with van der Waals surface area (Å²) in [4.78, 5) is 31.9. The molecule has 0 aliphatic rings. The van der Waals surface area contributed by atoms with Gasteiger partial charge in [0.1, 0.15) is 5.82 Å². The van der Waals surface area contributed by atoms with Crippen LogP contribution in [0.5, 0.6) is 0 Å². The van der Waals surface area contributed by atoms with E-state index in [1.807, 2.05) is 30.3 Å². The van der Waals surface area contributed by atoms with Crippen LogP contribution in [-0.4, -0.2) is 41.7 Å². The lowest BCUT2D eigenvalue weighted by Gasteiger charge is -2.22. The van der Waals surface area contributed by atoms with E-state index in [9.17, 15) is 18.0 Å². The third-order valence-corrected chi connectivity index (χ3v) is 7.34. The highest BCUT2D eigenvalue weighted by Gasteiger charge is 2.26. The molecule has 0 saturated carbocycles. The standard InChI is InChI=1S/C27H26N4O4S/c1-20-17-25(32)30-27(28-20)22-11-8-12-23(18-22)29-26(33)19-31(16-15-21-9-4-2-5-10-21)36(34,35)24-13-6-3-7-14-24/h2-14,17-18H,15-16,19H2,1H3,(H,29,33)(H,28,30,32). The van der Waals surface area contributed by atoms with Gasteiger partial charge in [-0.2, -0.15) is 4.31 Å². The highest BCUT2D eigenvalue weighted by atomic mass is 32.2. The summed E-state index contributed by atoms with van der Waals surface area (Å²) in [5.41, 5.74) is 2.35. The quantitative estimate of drug-likeness (QED) is 0.363. The summed E-state index contributed by atoms with van der Waals surface area (Å²) >= 11 is 0. The van der Waals surface area contributed by atoms with Crippen molar-refractivity contribution in [2.45, 2.75) is 18.2 Å². The fourth-order valence-corrected chi connectivity index (χ4v) is 5.16. The highest BCUT2D eigenvalue weighted by molar-refractivity contribution is 7.89. The molecule has 0 aliphatic carbocycles. The zero-order valence-electron chi connectivity index (χ0n) is 19.7. The SMILES string of the molecule is Cc1cc(=O)[nH]c(-c2cccc(NC(=O)CN(CCc3ccccc3)S(=O)(=O)c3ccccc3)c2)n1. The van der Waals surface area contributed by atoms with E-state index in [-0.39, 0.29) is 23.5 Å². The smallest absolute Gasteiger partial charge is 0.251 e. The van der Waals surface area contributed by atoms with Gasteiger partial charge in [0.25, 0.3) is 5.56 Å². The molecule has 1 amide bonds. The number of sulfonamides is 1. The number of hydrogen-bond acceptors (Lipinski definition) is 5. The number of aromatic amines is 1. The second-order valence-corrected chi connectivity index (χ2v) is 10.2. The van der Waals surface area contributed by atoms with E-state index < -0.39 is 15.9 Å². The minimum Gasteiger partial charge on any atom is -0.325 e. The first-order chi connectivity index (χ1) is 17.3. The molecule has 1 heterocycles. The number of nitrogens with zero attached hydrogens (tertiary/aromatic N) is 2. The molecule has 36 heavy (non-hydrogen) atoms. The van der Waals surface area contributed by atoms with E-state index in [0.717, 1.165) is 5.56 Å². The molecule has 0 spiro atoms. The molecule has 4 aromatic rings.